The van der Waals surface area contributed by atoms with Gasteiger partial charge in [0.2, 0.25) is 5.91 Å². The lowest BCUT2D eigenvalue weighted by molar-refractivity contribution is -0.115. The van der Waals surface area contributed by atoms with Crippen LogP contribution < -0.4 is 10.6 Å². The predicted molar refractivity (Wildman–Crippen MR) is 118 cm³/mol. The number of carbonyl (C=O) groups is 2. The maximum absolute atomic E-state index is 12.5. The van der Waals surface area contributed by atoms with Crippen molar-refractivity contribution < 1.29 is 9.59 Å². The molecule has 0 spiro atoms. The number of hydrogen-bond donors (Lipinski definition) is 2. The molecule has 0 saturated heterocycles. The zero-order valence-corrected chi connectivity index (χ0v) is 17.2. The molecule has 0 fully saturated rings. The molecule has 2 N–H and O–H groups in total. The second-order valence-corrected chi connectivity index (χ2v) is 8.38. The van der Waals surface area contributed by atoms with Crippen LogP contribution in [0.25, 0.3) is 0 Å². The fourth-order valence-corrected chi connectivity index (χ4v) is 4.65. The highest BCUT2D eigenvalue weighted by molar-refractivity contribution is 7.10. The second kappa shape index (κ2) is 8.72. The van der Waals surface area contributed by atoms with Crippen LogP contribution in [0.3, 0.4) is 0 Å². The summed E-state index contributed by atoms with van der Waals surface area (Å²) in [5.41, 5.74) is 5.29. The minimum atomic E-state index is -0.131. The average Bonchev–Trinajstić information content (AvgIpc) is 3.40. The lowest BCUT2D eigenvalue weighted by Gasteiger charge is -2.19. The fraction of sp³-hybridized carbons (Fsp3) is 0.250. The van der Waals surface area contributed by atoms with E-state index in [4.69, 9.17) is 0 Å². The van der Waals surface area contributed by atoms with E-state index < -0.39 is 0 Å². The molecule has 0 saturated carbocycles. The Balaban J connectivity index is 1.47. The average molecular weight is 405 g/mol. The van der Waals surface area contributed by atoms with Gasteiger partial charge in [0.1, 0.15) is 0 Å². The van der Waals surface area contributed by atoms with Crippen molar-refractivity contribution in [2.24, 2.45) is 0 Å². The number of rotatable bonds is 7. The molecule has 3 aromatic rings. The second-order valence-electron chi connectivity index (χ2n) is 7.40. The largest absolute Gasteiger partial charge is 0.325 e. The van der Waals surface area contributed by atoms with Gasteiger partial charge in [0.25, 0.3) is 0 Å². The Morgan fingerprint density at radius 2 is 1.90 bits per heavy atom. The number of thiophene rings is 1. The van der Waals surface area contributed by atoms with Gasteiger partial charge in [0.05, 0.1) is 12.6 Å². The van der Waals surface area contributed by atoms with Crippen LogP contribution in [0, 0.1) is 0 Å². The van der Waals surface area contributed by atoms with Crippen molar-refractivity contribution in [1.82, 2.24) is 5.32 Å². The van der Waals surface area contributed by atoms with Crippen molar-refractivity contribution in [3.05, 3.63) is 87.1 Å². The van der Waals surface area contributed by atoms with Crippen LogP contribution in [0.4, 0.5) is 5.69 Å². The molecule has 5 heteroatoms. The third kappa shape index (κ3) is 4.63. The van der Waals surface area contributed by atoms with Gasteiger partial charge >= 0.3 is 0 Å². The first-order valence-electron chi connectivity index (χ1n) is 9.89. The summed E-state index contributed by atoms with van der Waals surface area (Å²) in [7, 11) is 0. The Morgan fingerprint density at radius 3 is 2.69 bits per heavy atom. The summed E-state index contributed by atoms with van der Waals surface area (Å²) in [4.78, 5) is 25.3. The molecular weight excluding hydrogens is 380 g/mol. The maximum Gasteiger partial charge on any atom is 0.238 e. The maximum atomic E-state index is 12.5. The zero-order chi connectivity index (χ0) is 20.2. The SMILES string of the molecule is CC(=O)c1cccc(NC(=O)CN[C@@H](c2ccc3c(c2)CCC3)c2cccs2)c1. The van der Waals surface area contributed by atoms with Crippen molar-refractivity contribution in [3.8, 4) is 0 Å². The number of aryl methyl sites for hydroxylation is 2. The molecule has 0 bridgehead atoms. The minimum Gasteiger partial charge on any atom is -0.325 e. The van der Waals surface area contributed by atoms with E-state index in [2.05, 4.69) is 40.3 Å². The Bertz CT molecular complexity index is 1030. The number of anilines is 1. The van der Waals surface area contributed by atoms with Crippen LogP contribution in [0.5, 0.6) is 0 Å². The summed E-state index contributed by atoms with van der Waals surface area (Å²) in [6, 6.07) is 17.8. The van der Waals surface area contributed by atoms with Crippen LogP contribution >= 0.6 is 11.3 Å². The van der Waals surface area contributed by atoms with Crippen molar-refractivity contribution in [2.45, 2.75) is 32.2 Å². The summed E-state index contributed by atoms with van der Waals surface area (Å²) in [5, 5.41) is 8.36. The predicted octanol–water partition coefficient (Wildman–Crippen LogP) is 4.76. The summed E-state index contributed by atoms with van der Waals surface area (Å²) in [6.07, 6.45) is 3.51. The van der Waals surface area contributed by atoms with Gasteiger partial charge in [-0.3, -0.25) is 14.9 Å². The normalized spacial score (nSPS) is 13.7. The summed E-state index contributed by atoms with van der Waals surface area (Å²) < 4.78 is 0. The molecule has 4 nitrogen and oxygen atoms in total. The highest BCUT2D eigenvalue weighted by atomic mass is 32.1. The summed E-state index contributed by atoms with van der Waals surface area (Å²) in [5.74, 6) is -0.151. The molecule has 1 heterocycles. The van der Waals surface area contributed by atoms with Crippen LogP contribution in [0.15, 0.2) is 60.0 Å². The van der Waals surface area contributed by atoms with Gasteiger partial charge in [-0.1, -0.05) is 36.4 Å². The van der Waals surface area contributed by atoms with Crippen molar-refractivity contribution in [2.75, 3.05) is 11.9 Å². The lowest BCUT2D eigenvalue weighted by atomic mass is 10.00. The molecule has 4 rings (SSSR count). The summed E-state index contributed by atoms with van der Waals surface area (Å²) in [6.45, 7) is 1.70. The van der Waals surface area contributed by atoms with Crippen LogP contribution in [-0.4, -0.2) is 18.2 Å². The molecule has 0 unspecified atom stereocenters. The van der Waals surface area contributed by atoms with Crippen LogP contribution in [0.2, 0.25) is 0 Å². The molecule has 1 atom stereocenters. The quantitative estimate of drug-likeness (QED) is 0.559. The van der Waals surface area contributed by atoms with E-state index in [-0.39, 0.29) is 24.3 Å². The van der Waals surface area contributed by atoms with Gasteiger partial charge < -0.3 is 5.32 Å². The Morgan fingerprint density at radius 1 is 1.03 bits per heavy atom. The Labute approximate surface area is 175 Å². The van der Waals surface area contributed by atoms with E-state index in [0.717, 1.165) is 12.8 Å². The van der Waals surface area contributed by atoms with E-state index in [1.807, 2.05) is 6.07 Å². The standard InChI is InChI=1S/C24H24N2O2S/c1-16(27)18-6-3-8-21(14-18)26-23(28)15-25-24(22-9-4-12-29-22)20-11-10-17-5-2-7-19(17)13-20/h3-4,6,8-14,24-25H,2,5,7,15H2,1H3,(H,26,28)/t24-/m0/s1. The van der Waals surface area contributed by atoms with Gasteiger partial charge in [0, 0.05) is 16.1 Å². The topological polar surface area (TPSA) is 58.2 Å². The number of benzene rings is 2. The smallest absolute Gasteiger partial charge is 0.238 e. The highest BCUT2D eigenvalue weighted by Gasteiger charge is 2.19. The van der Waals surface area contributed by atoms with E-state index in [0.29, 0.717) is 11.3 Å². The molecule has 0 aliphatic heterocycles. The number of ketones is 1. The van der Waals surface area contributed by atoms with E-state index in [9.17, 15) is 9.59 Å². The Hall–Kier alpha value is -2.76. The molecule has 2 aromatic carbocycles. The van der Waals surface area contributed by atoms with Gasteiger partial charge in [-0.25, -0.2) is 0 Å². The molecule has 1 amide bonds. The van der Waals surface area contributed by atoms with Crippen molar-refractivity contribution in [3.63, 3.8) is 0 Å². The monoisotopic (exact) mass is 404 g/mol. The van der Waals surface area contributed by atoms with Gasteiger partial charge in [-0.15, -0.1) is 11.3 Å². The number of hydrogen-bond acceptors (Lipinski definition) is 4. The third-order valence-electron chi connectivity index (χ3n) is 5.30. The highest BCUT2D eigenvalue weighted by Crippen LogP contribution is 2.30. The molecular formula is C24H24N2O2S. The lowest BCUT2D eigenvalue weighted by Crippen LogP contribution is -2.31. The van der Waals surface area contributed by atoms with Crippen LogP contribution in [0.1, 0.15) is 51.3 Å². The molecule has 29 heavy (non-hydrogen) atoms. The number of nitrogens with one attached hydrogen (secondary N) is 2. The van der Waals surface area contributed by atoms with E-state index in [1.54, 1.807) is 35.6 Å². The van der Waals surface area contributed by atoms with Crippen LogP contribution in [-0.2, 0) is 17.6 Å². The van der Waals surface area contributed by atoms with Gasteiger partial charge in [0.15, 0.2) is 5.78 Å². The minimum absolute atomic E-state index is 0.0183. The number of amides is 1. The van der Waals surface area contributed by atoms with Gasteiger partial charge in [-0.05, 0) is 66.5 Å². The first kappa shape index (κ1) is 19.6. The van der Waals surface area contributed by atoms with Crippen molar-refractivity contribution in [1.29, 1.82) is 0 Å². The molecule has 0 radical (unpaired) electrons. The van der Waals surface area contributed by atoms with Crippen molar-refractivity contribution >= 4 is 28.7 Å². The number of Topliss-reactive ketones (excluding diaryl/α,β-unsaturated/α-hetero) is 1. The first-order chi connectivity index (χ1) is 14.1. The summed E-state index contributed by atoms with van der Waals surface area (Å²) >= 11 is 1.69. The number of carbonyl (C=O) groups excluding carboxylic acids is 2. The third-order valence-corrected chi connectivity index (χ3v) is 6.24. The molecule has 148 valence electrons. The molecule has 1 aliphatic rings. The zero-order valence-electron chi connectivity index (χ0n) is 16.4. The molecule has 1 aliphatic carbocycles. The van der Waals surface area contributed by atoms with E-state index in [1.165, 1.54) is 34.9 Å². The first-order valence-corrected chi connectivity index (χ1v) is 10.8. The van der Waals surface area contributed by atoms with Gasteiger partial charge in [-0.2, -0.15) is 0 Å². The Kier molecular flexibility index (Phi) is 5.88. The molecule has 1 aromatic heterocycles. The fourth-order valence-electron chi connectivity index (χ4n) is 3.83. The number of fused-ring (bicyclic) bond motifs is 1. The van der Waals surface area contributed by atoms with E-state index >= 15 is 0 Å².